The summed E-state index contributed by atoms with van der Waals surface area (Å²) in [6.07, 6.45) is 10.3. The summed E-state index contributed by atoms with van der Waals surface area (Å²) in [6, 6.07) is 0. The maximum absolute atomic E-state index is 6.53. The van der Waals surface area contributed by atoms with E-state index >= 15 is 0 Å². The standard InChI is InChI=1S/C16H27N3O2/c1-2-20-13-9-12(10-13)11-14-18-15(19-21-14)16(17)7-5-3-4-6-8-16/h12-13H,2-11,17H2,1H3. The van der Waals surface area contributed by atoms with E-state index in [-0.39, 0.29) is 5.54 Å². The maximum Gasteiger partial charge on any atom is 0.226 e. The summed E-state index contributed by atoms with van der Waals surface area (Å²) in [4.78, 5) is 4.60. The molecule has 0 spiro atoms. The average Bonchev–Trinajstić information content (AvgIpc) is 2.79. The summed E-state index contributed by atoms with van der Waals surface area (Å²) in [5, 5.41) is 4.18. The molecule has 2 aliphatic rings. The van der Waals surface area contributed by atoms with Crippen LogP contribution in [0.15, 0.2) is 4.52 Å². The fourth-order valence-electron chi connectivity index (χ4n) is 3.58. The molecule has 21 heavy (non-hydrogen) atoms. The first-order chi connectivity index (χ1) is 10.2. The second-order valence-electron chi connectivity index (χ2n) is 6.70. The van der Waals surface area contributed by atoms with E-state index in [0.29, 0.717) is 12.0 Å². The van der Waals surface area contributed by atoms with Crippen LogP contribution in [0.3, 0.4) is 0 Å². The summed E-state index contributed by atoms with van der Waals surface area (Å²) >= 11 is 0. The van der Waals surface area contributed by atoms with Gasteiger partial charge in [-0.3, -0.25) is 0 Å². The minimum atomic E-state index is -0.369. The Morgan fingerprint density at radius 3 is 2.62 bits per heavy atom. The first-order valence-corrected chi connectivity index (χ1v) is 8.43. The van der Waals surface area contributed by atoms with E-state index in [1.165, 1.54) is 25.7 Å². The Morgan fingerprint density at radius 2 is 1.95 bits per heavy atom. The highest BCUT2D eigenvalue weighted by Gasteiger charge is 2.35. The molecule has 1 aromatic heterocycles. The lowest BCUT2D eigenvalue weighted by molar-refractivity contribution is -0.0258. The highest BCUT2D eigenvalue weighted by atomic mass is 16.5. The molecule has 0 atom stereocenters. The van der Waals surface area contributed by atoms with E-state index in [4.69, 9.17) is 15.0 Å². The predicted molar refractivity (Wildman–Crippen MR) is 79.7 cm³/mol. The molecule has 3 rings (SSSR count). The molecular formula is C16H27N3O2. The second-order valence-corrected chi connectivity index (χ2v) is 6.70. The molecule has 118 valence electrons. The maximum atomic E-state index is 6.53. The van der Waals surface area contributed by atoms with Gasteiger partial charge in [0.25, 0.3) is 0 Å². The molecule has 1 aromatic rings. The first-order valence-electron chi connectivity index (χ1n) is 8.43. The Kier molecular flexibility index (Phi) is 4.60. The van der Waals surface area contributed by atoms with Crippen molar-refractivity contribution >= 4 is 0 Å². The summed E-state index contributed by atoms with van der Waals surface area (Å²) in [5.41, 5.74) is 6.16. The van der Waals surface area contributed by atoms with Crippen molar-refractivity contribution in [3.63, 3.8) is 0 Å². The monoisotopic (exact) mass is 293 g/mol. The zero-order valence-corrected chi connectivity index (χ0v) is 13.0. The molecule has 2 saturated carbocycles. The quantitative estimate of drug-likeness (QED) is 0.845. The average molecular weight is 293 g/mol. The first kappa shape index (κ1) is 15.0. The Bertz CT molecular complexity index is 446. The van der Waals surface area contributed by atoms with Crippen molar-refractivity contribution < 1.29 is 9.26 Å². The third kappa shape index (κ3) is 3.46. The molecular weight excluding hydrogens is 266 g/mol. The van der Waals surface area contributed by atoms with Gasteiger partial charge in [-0.15, -0.1) is 0 Å². The largest absolute Gasteiger partial charge is 0.378 e. The van der Waals surface area contributed by atoms with Crippen LogP contribution >= 0.6 is 0 Å². The van der Waals surface area contributed by atoms with Crippen molar-refractivity contribution in [1.29, 1.82) is 0 Å². The van der Waals surface area contributed by atoms with Crippen LogP contribution in [-0.2, 0) is 16.7 Å². The van der Waals surface area contributed by atoms with Gasteiger partial charge >= 0.3 is 0 Å². The van der Waals surface area contributed by atoms with E-state index in [0.717, 1.165) is 50.4 Å². The van der Waals surface area contributed by atoms with Crippen molar-refractivity contribution in [2.75, 3.05) is 6.61 Å². The summed E-state index contributed by atoms with van der Waals surface area (Å²) in [6.45, 7) is 2.85. The normalized spacial score (nSPS) is 28.9. The number of hydrogen-bond donors (Lipinski definition) is 1. The Hall–Kier alpha value is -0.940. The molecule has 2 N–H and O–H groups in total. The third-order valence-electron chi connectivity index (χ3n) is 4.97. The van der Waals surface area contributed by atoms with E-state index < -0.39 is 0 Å². The van der Waals surface area contributed by atoms with Crippen molar-refractivity contribution in [3.8, 4) is 0 Å². The molecule has 0 aromatic carbocycles. The van der Waals surface area contributed by atoms with Crippen molar-refractivity contribution in [1.82, 2.24) is 10.1 Å². The lowest BCUT2D eigenvalue weighted by Crippen LogP contribution is -2.37. The van der Waals surface area contributed by atoms with Gasteiger partial charge in [0.2, 0.25) is 5.89 Å². The summed E-state index contributed by atoms with van der Waals surface area (Å²) in [7, 11) is 0. The molecule has 0 aliphatic heterocycles. The van der Waals surface area contributed by atoms with Gasteiger partial charge in [0, 0.05) is 13.0 Å². The predicted octanol–water partition coefficient (Wildman–Crippen LogP) is 2.94. The van der Waals surface area contributed by atoms with E-state index in [1.807, 2.05) is 6.92 Å². The van der Waals surface area contributed by atoms with E-state index in [9.17, 15) is 0 Å². The molecule has 1 heterocycles. The highest BCUT2D eigenvalue weighted by molar-refractivity contribution is 5.05. The number of ether oxygens (including phenoxy) is 1. The molecule has 0 bridgehead atoms. The van der Waals surface area contributed by atoms with Crippen LogP contribution in [0.4, 0.5) is 0 Å². The fourth-order valence-corrected chi connectivity index (χ4v) is 3.58. The Morgan fingerprint density at radius 1 is 1.24 bits per heavy atom. The molecule has 5 nitrogen and oxygen atoms in total. The molecule has 0 radical (unpaired) electrons. The smallest absolute Gasteiger partial charge is 0.226 e. The van der Waals surface area contributed by atoms with Crippen molar-refractivity contribution in [3.05, 3.63) is 11.7 Å². The number of rotatable bonds is 5. The van der Waals surface area contributed by atoms with Crippen LogP contribution in [-0.4, -0.2) is 22.9 Å². The van der Waals surface area contributed by atoms with Crippen LogP contribution in [0.2, 0.25) is 0 Å². The van der Waals surface area contributed by atoms with Crippen LogP contribution < -0.4 is 5.73 Å². The lowest BCUT2D eigenvalue weighted by Gasteiger charge is -2.33. The molecule has 0 amide bonds. The second kappa shape index (κ2) is 6.44. The Labute approximate surface area is 126 Å². The number of nitrogens with zero attached hydrogens (tertiary/aromatic N) is 2. The van der Waals surface area contributed by atoms with Crippen LogP contribution in [0.1, 0.15) is 70.0 Å². The van der Waals surface area contributed by atoms with Gasteiger partial charge in [-0.05, 0) is 38.5 Å². The van der Waals surface area contributed by atoms with Gasteiger partial charge < -0.3 is 15.0 Å². The number of aromatic nitrogens is 2. The molecule has 0 unspecified atom stereocenters. The summed E-state index contributed by atoms with van der Waals surface area (Å²) < 4.78 is 11.0. The number of hydrogen-bond acceptors (Lipinski definition) is 5. The van der Waals surface area contributed by atoms with Gasteiger partial charge in [0.05, 0.1) is 11.6 Å². The fraction of sp³-hybridized carbons (Fsp3) is 0.875. The highest BCUT2D eigenvalue weighted by Crippen LogP contribution is 2.34. The third-order valence-corrected chi connectivity index (χ3v) is 4.97. The van der Waals surface area contributed by atoms with Gasteiger partial charge in [-0.1, -0.05) is 30.8 Å². The summed E-state index contributed by atoms with van der Waals surface area (Å²) in [5.74, 6) is 2.09. The van der Waals surface area contributed by atoms with Crippen LogP contribution in [0.25, 0.3) is 0 Å². The van der Waals surface area contributed by atoms with Crippen LogP contribution in [0.5, 0.6) is 0 Å². The minimum Gasteiger partial charge on any atom is -0.378 e. The van der Waals surface area contributed by atoms with Crippen molar-refractivity contribution in [2.45, 2.75) is 76.4 Å². The molecule has 2 fully saturated rings. The Balaban J connectivity index is 1.56. The van der Waals surface area contributed by atoms with E-state index in [1.54, 1.807) is 0 Å². The molecule has 0 saturated heterocycles. The van der Waals surface area contributed by atoms with Crippen molar-refractivity contribution in [2.24, 2.45) is 11.7 Å². The lowest BCUT2D eigenvalue weighted by atomic mass is 9.80. The molecule has 2 aliphatic carbocycles. The van der Waals surface area contributed by atoms with E-state index in [2.05, 4.69) is 10.1 Å². The van der Waals surface area contributed by atoms with Gasteiger partial charge in [-0.25, -0.2) is 0 Å². The minimum absolute atomic E-state index is 0.369. The topological polar surface area (TPSA) is 74.2 Å². The zero-order valence-electron chi connectivity index (χ0n) is 13.0. The zero-order chi connectivity index (χ0) is 14.7. The van der Waals surface area contributed by atoms with Gasteiger partial charge in [0.15, 0.2) is 5.82 Å². The number of nitrogens with two attached hydrogens (primary N) is 1. The SMILES string of the molecule is CCOC1CC(Cc2nc(C3(N)CCCCCC3)no2)C1. The van der Waals surface area contributed by atoms with Gasteiger partial charge in [-0.2, -0.15) is 4.98 Å². The van der Waals surface area contributed by atoms with Gasteiger partial charge in [0.1, 0.15) is 0 Å². The molecule has 5 heteroatoms. The van der Waals surface area contributed by atoms with Crippen LogP contribution in [0, 0.1) is 5.92 Å².